The summed E-state index contributed by atoms with van der Waals surface area (Å²) in [7, 11) is -3.90. The first-order valence-electron chi connectivity index (χ1n) is 6.00. The molecule has 0 aliphatic carbocycles. The number of aryl methyl sites for hydroxylation is 1. The fourth-order valence-corrected chi connectivity index (χ4v) is 2.65. The maximum absolute atomic E-state index is 12.1. The van der Waals surface area contributed by atoms with Gasteiger partial charge in [0.25, 0.3) is 10.0 Å². The van der Waals surface area contributed by atoms with Crippen molar-refractivity contribution >= 4 is 16.0 Å². The standard InChI is InChI=1S/C13H19NO5S/c1-9-5-6-10(13(2,3)4)7-11(9)20(17,18)14-19-8-12(15)16/h5-7,14H,8H2,1-4H3,(H,15,16). The SMILES string of the molecule is Cc1ccc(C(C)(C)C)cc1S(=O)(=O)NOCC(=O)O. The third-order valence-corrected chi connectivity index (χ3v) is 4.06. The van der Waals surface area contributed by atoms with Crippen LogP contribution in [0.4, 0.5) is 0 Å². The first-order valence-corrected chi connectivity index (χ1v) is 7.49. The van der Waals surface area contributed by atoms with Gasteiger partial charge in [-0.2, -0.15) is 0 Å². The highest BCUT2D eigenvalue weighted by molar-refractivity contribution is 7.89. The summed E-state index contributed by atoms with van der Waals surface area (Å²) >= 11 is 0. The minimum Gasteiger partial charge on any atom is -0.479 e. The van der Waals surface area contributed by atoms with Gasteiger partial charge in [0.05, 0.1) is 4.90 Å². The number of benzene rings is 1. The highest BCUT2D eigenvalue weighted by Crippen LogP contribution is 2.26. The minimum absolute atomic E-state index is 0.0790. The second-order valence-electron chi connectivity index (χ2n) is 5.50. The Morgan fingerprint density at radius 3 is 2.45 bits per heavy atom. The van der Waals surface area contributed by atoms with Crippen molar-refractivity contribution in [3.63, 3.8) is 0 Å². The quantitative estimate of drug-likeness (QED) is 0.806. The number of hydrogen-bond acceptors (Lipinski definition) is 4. The van der Waals surface area contributed by atoms with Crippen molar-refractivity contribution in [3.8, 4) is 0 Å². The number of carbonyl (C=O) groups is 1. The molecule has 0 radical (unpaired) electrons. The van der Waals surface area contributed by atoms with Crippen molar-refractivity contribution in [3.05, 3.63) is 29.3 Å². The van der Waals surface area contributed by atoms with E-state index in [1.165, 1.54) is 0 Å². The zero-order chi connectivity index (χ0) is 15.6. The molecule has 112 valence electrons. The Hall–Kier alpha value is -1.44. The zero-order valence-electron chi connectivity index (χ0n) is 11.9. The molecule has 20 heavy (non-hydrogen) atoms. The van der Waals surface area contributed by atoms with E-state index in [4.69, 9.17) is 5.11 Å². The van der Waals surface area contributed by atoms with Crippen LogP contribution in [-0.2, 0) is 25.1 Å². The first kappa shape index (κ1) is 16.6. The number of sulfonamides is 1. The van der Waals surface area contributed by atoms with Crippen molar-refractivity contribution in [1.29, 1.82) is 0 Å². The summed E-state index contributed by atoms with van der Waals surface area (Å²) in [5.41, 5.74) is 1.23. The van der Waals surface area contributed by atoms with E-state index in [-0.39, 0.29) is 10.3 Å². The normalized spacial score (nSPS) is 12.4. The van der Waals surface area contributed by atoms with Gasteiger partial charge in [-0.25, -0.2) is 13.2 Å². The summed E-state index contributed by atoms with van der Waals surface area (Å²) in [4.78, 5) is 16.7. The van der Waals surface area contributed by atoms with Crippen LogP contribution >= 0.6 is 0 Å². The Bertz CT molecular complexity index is 602. The van der Waals surface area contributed by atoms with E-state index < -0.39 is 22.6 Å². The van der Waals surface area contributed by atoms with E-state index in [1.807, 2.05) is 31.7 Å². The molecule has 0 bridgehead atoms. The summed E-state index contributed by atoms with van der Waals surface area (Å²) in [6.07, 6.45) is 0. The fourth-order valence-electron chi connectivity index (χ4n) is 1.57. The second-order valence-corrected chi connectivity index (χ2v) is 7.11. The van der Waals surface area contributed by atoms with Gasteiger partial charge in [-0.05, 0) is 29.5 Å². The number of hydrogen-bond donors (Lipinski definition) is 2. The molecule has 2 N–H and O–H groups in total. The zero-order valence-corrected chi connectivity index (χ0v) is 12.7. The van der Waals surface area contributed by atoms with Crippen molar-refractivity contribution in [2.75, 3.05) is 6.61 Å². The Morgan fingerprint density at radius 1 is 1.35 bits per heavy atom. The molecule has 0 aromatic heterocycles. The van der Waals surface area contributed by atoms with E-state index in [9.17, 15) is 13.2 Å². The smallest absolute Gasteiger partial charge is 0.331 e. The number of aliphatic carboxylic acids is 1. The van der Waals surface area contributed by atoms with Crippen LogP contribution < -0.4 is 4.89 Å². The van der Waals surface area contributed by atoms with Gasteiger partial charge in [0.15, 0.2) is 6.61 Å². The molecule has 0 saturated carbocycles. The van der Waals surface area contributed by atoms with E-state index in [0.717, 1.165) is 5.56 Å². The summed E-state index contributed by atoms with van der Waals surface area (Å²) < 4.78 is 24.2. The summed E-state index contributed by atoms with van der Waals surface area (Å²) in [5, 5.41) is 8.43. The first-order chi connectivity index (χ1) is 9.04. The van der Waals surface area contributed by atoms with Crippen LogP contribution in [0.5, 0.6) is 0 Å². The van der Waals surface area contributed by atoms with Crippen LogP contribution in [0.2, 0.25) is 0 Å². The average molecular weight is 301 g/mol. The Balaban J connectivity index is 3.08. The van der Waals surface area contributed by atoms with Gasteiger partial charge in [0.2, 0.25) is 0 Å². The minimum atomic E-state index is -3.90. The molecule has 0 atom stereocenters. The highest BCUT2D eigenvalue weighted by atomic mass is 32.2. The molecule has 0 saturated heterocycles. The lowest BCUT2D eigenvalue weighted by Gasteiger charge is -2.20. The highest BCUT2D eigenvalue weighted by Gasteiger charge is 2.21. The molecule has 7 heteroatoms. The second kappa shape index (κ2) is 5.90. The Morgan fingerprint density at radius 2 is 1.95 bits per heavy atom. The van der Waals surface area contributed by atoms with Gasteiger partial charge in [0, 0.05) is 0 Å². The van der Waals surface area contributed by atoms with Crippen LogP contribution in [0, 0.1) is 6.92 Å². The molecule has 1 aromatic rings. The van der Waals surface area contributed by atoms with E-state index in [2.05, 4.69) is 4.84 Å². The lowest BCUT2D eigenvalue weighted by atomic mass is 9.87. The average Bonchev–Trinajstić information content (AvgIpc) is 2.26. The van der Waals surface area contributed by atoms with Crippen LogP contribution in [-0.4, -0.2) is 26.1 Å². The maximum atomic E-state index is 12.1. The number of carboxylic acids is 1. The van der Waals surface area contributed by atoms with Gasteiger partial charge >= 0.3 is 5.97 Å². The largest absolute Gasteiger partial charge is 0.479 e. The molecule has 6 nitrogen and oxygen atoms in total. The maximum Gasteiger partial charge on any atom is 0.331 e. The number of carboxylic acid groups (broad SMARTS) is 1. The van der Waals surface area contributed by atoms with Crippen LogP contribution in [0.15, 0.2) is 23.1 Å². The molecule has 0 fully saturated rings. The van der Waals surface area contributed by atoms with Gasteiger partial charge in [-0.15, -0.1) is 0 Å². The topological polar surface area (TPSA) is 92.7 Å². The molecular formula is C13H19NO5S. The summed E-state index contributed by atoms with van der Waals surface area (Å²) in [5.74, 6) is -1.26. The summed E-state index contributed by atoms with van der Waals surface area (Å²) in [6.45, 7) is 6.85. The molecule has 1 rings (SSSR count). The molecule has 0 aliphatic rings. The molecule has 0 spiro atoms. The Labute approximate surface area is 118 Å². The van der Waals surface area contributed by atoms with Crippen LogP contribution in [0.25, 0.3) is 0 Å². The Kier molecular flexibility index (Phi) is 4.90. The monoisotopic (exact) mass is 301 g/mol. The number of rotatable bonds is 5. The molecule has 0 unspecified atom stereocenters. The van der Waals surface area contributed by atoms with E-state index in [0.29, 0.717) is 5.56 Å². The molecule has 1 aromatic carbocycles. The summed E-state index contributed by atoms with van der Waals surface area (Å²) in [6, 6.07) is 5.15. The lowest BCUT2D eigenvalue weighted by Crippen LogP contribution is -2.27. The van der Waals surface area contributed by atoms with Crippen molar-refractivity contribution < 1.29 is 23.2 Å². The van der Waals surface area contributed by atoms with Crippen LogP contribution in [0.1, 0.15) is 31.9 Å². The third kappa shape index (κ3) is 4.29. The third-order valence-electron chi connectivity index (χ3n) is 2.71. The van der Waals surface area contributed by atoms with Gasteiger partial charge < -0.3 is 5.11 Å². The lowest BCUT2D eigenvalue weighted by molar-refractivity contribution is -0.143. The predicted octanol–water partition coefficient (Wildman–Crippen LogP) is 1.59. The van der Waals surface area contributed by atoms with Crippen molar-refractivity contribution in [2.24, 2.45) is 0 Å². The van der Waals surface area contributed by atoms with E-state index >= 15 is 0 Å². The van der Waals surface area contributed by atoms with Crippen molar-refractivity contribution in [1.82, 2.24) is 4.89 Å². The molecule has 0 amide bonds. The van der Waals surface area contributed by atoms with Gasteiger partial charge in [-0.3, -0.25) is 4.84 Å². The van der Waals surface area contributed by atoms with Crippen molar-refractivity contribution in [2.45, 2.75) is 38.0 Å². The fraction of sp³-hybridized carbons (Fsp3) is 0.462. The van der Waals surface area contributed by atoms with Gasteiger partial charge in [0.1, 0.15) is 0 Å². The van der Waals surface area contributed by atoms with Crippen LogP contribution in [0.3, 0.4) is 0 Å². The molecular weight excluding hydrogens is 282 g/mol. The molecule has 0 heterocycles. The number of nitrogens with one attached hydrogen (secondary N) is 1. The molecule has 0 aliphatic heterocycles. The van der Waals surface area contributed by atoms with E-state index in [1.54, 1.807) is 19.1 Å². The van der Waals surface area contributed by atoms with Gasteiger partial charge in [-0.1, -0.05) is 37.8 Å². The predicted molar refractivity (Wildman–Crippen MR) is 73.8 cm³/mol.